The predicted molar refractivity (Wildman–Crippen MR) is 80.9 cm³/mol. The van der Waals surface area contributed by atoms with Crippen LogP contribution in [0.4, 0.5) is 0 Å². The lowest BCUT2D eigenvalue weighted by atomic mass is 9.54. The van der Waals surface area contributed by atoms with E-state index in [1.807, 2.05) is 6.92 Å². The van der Waals surface area contributed by atoms with Crippen LogP contribution in [0.1, 0.15) is 27.2 Å². The Kier molecular flexibility index (Phi) is 6.88. The number of rotatable bonds is 10. The number of nitrogens with two attached hydrogens (primary N) is 1. The maximum absolute atomic E-state index is 6.64. The van der Waals surface area contributed by atoms with Crippen LogP contribution < -0.4 is 5.73 Å². The molecular formula is C15H32N2O3. The zero-order valence-corrected chi connectivity index (χ0v) is 13.8. The Morgan fingerprint density at radius 1 is 1.15 bits per heavy atom. The van der Waals surface area contributed by atoms with Crippen LogP contribution in [0.3, 0.4) is 0 Å². The van der Waals surface area contributed by atoms with Crippen molar-refractivity contribution in [2.45, 2.75) is 38.8 Å². The lowest BCUT2D eigenvalue weighted by Gasteiger charge is -2.60. The van der Waals surface area contributed by atoms with Gasteiger partial charge < -0.3 is 19.9 Å². The number of hydrogen-bond acceptors (Lipinski definition) is 5. The monoisotopic (exact) mass is 288 g/mol. The number of ether oxygens (including phenoxy) is 3. The molecule has 0 amide bonds. The molecule has 1 aliphatic carbocycles. The smallest absolute Gasteiger partial charge is 0.0662 e. The molecule has 0 aliphatic heterocycles. The van der Waals surface area contributed by atoms with E-state index in [1.165, 1.54) is 0 Å². The third kappa shape index (κ3) is 3.92. The molecule has 0 saturated heterocycles. The second-order valence-electron chi connectivity index (χ2n) is 6.29. The summed E-state index contributed by atoms with van der Waals surface area (Å²) in [6, 6.07) is 0. The quantitative estimate of drug-likeness (QED) is 0.653. The molecule has 0 aromatic rings. The van der Waals surface area contributed by atoms with Gasteiger partial charge in [-0.15, -0.1) is 0 Å². The molecule has 0 bridgehead atoms. The van der Waals surface area contributed by atoms with Crippen molar-refractivity contribution in [3.63, 3.8) is 0 Å². The van der Waals surface area contributed by atoms with E-state index >= 15 is 0 Å². The average Bonchev–Trinajstić information content (AvgIpc) is 2.41. The van der Waals surface area contributed by atoms with E-state index in [2.05, 4.69) is 18.7 Å². The summed E-state index contributed by atoms with van der Waals surface area (Å²) in [4.78, 5) is 2.33. The van der Waals surface area contributed by atoms with Crippen LogP contribution in [-0.2, 0) is 14.2 Å². The topological polar surface area (TPSA) is 57.0 Å². The first-order chi connectivity index (χ1) is 9.41. The molecule has 0 heterocycles. The molecule has 1 fully saturated rings. The first-order valence-corrected chi connectivity index (χ1v) is 7.52. The van der Waals surface area contributed by atoms with E-state index < -0.39 is 0 Å². The molecule has 1 rings (SSSR count). The number of nitrogens with zero attached hydrogens (tertiary/aromatic N) is 1. The Labute approximate surface area is 123 Å². The Hall–Kier alpha value is -0.200. The molecule has 2 unspecified atom stereocenters. The van der Waals surface area contributed by atoms with Crippen molar-refractivity contribution in [3.8, 4) is 0 Å². The van der Waals surface area contributed by atoms with Crippen LogP contribution in [0.2, 0.25) is 0 Å². The minimum Gasteiger partial charge on any atom is -0.383 e. The van der Waals surface area contributed by atoms with Gasteiger partial charge in [0.1, 0.15) is 0 Å². The maximum Gasteiger partial charge on any atom is 0.0662 e. The van der Waals surface area contributed by atoms with Crippen LogP contribution in [0.5, 0.6) is 0 Å². The highest BCUT2D eigenvalue weighted by Gasteiger charge is 2.58. The largest absolute Gasteiger partial charge is 0.383 e. The fourth-order valence-electron chi connectivity index (χ4n) is 2.89. The zero-order valence-electron chi connectivity index (χ0n) is 13.8. The second-order valence-corrected chi connectivity index (χ2v) is 6.29. The molecule has 0 aromatic heterocycles. The molecule has 5 heteroatoms. The Bertz CT molecular complexity index is 278. The van der Waals surface area contributed by atoms with Gasteiger partial charge in [0.25, 0.3) is 0 Å². The van der Waals surface area contributed by atoms with Gasteiger partial charge in [0.15, 0.2) is 0 Å². The molecule has 2 atom stereocenters. The summed E-state index contributed by atoms with van der Waals surface area (Å²) in [7, 11) is 3.45. The van der Waals surface area contributed by atoms with Crippen LogP contribution in [-0.4, -0.2) is 70.2 Å². The summed E-state index contributed by atoms with van der Waals surface area (Å²) in [5, 5.41) is 0. The Balaban J connectivity index is 2.58. The highest BCUT2D eigenvalue weighted by atomic mass is 16.5. The van der Waals surface area contributed by atoms with Gasteiger partial charge in [-0.05, 0) is 13.3 Å². The third-order valence-corrected chi connectivity index (χ3v) is 4.73. The van der Waals surface area contributed by atoms with Gasteiger partial charge in [-0.3, -0.25) is 4.90 Å². The van der Waals surface area contributed by atoms with Gasteiger partial charge in [0, 0.05) is 51.4 Å². The summed E-state index contributed by atoms with van der Waals surface area (Å²) in [5.41, 5.74) is 6.44. The molecule has 20 heavy (non-hydrogen) atoms. The van der Waals surface area contributed by atoms with Gasteiger partial charge in [-0.25, -0.2) is 0 Å². The molecule has 0 aromatic carbocycles. The summed E-state index contributed by atoms with van der Waals surface area (Å²) < 4.78 is 16.1. The minimum atomic E-state index is -0.200. The van der Waals surface area contributed by atoms with Gasteiger partial charge in [-0.2, -0.15) is 0 Å². The van der Waals surface area contributed by atoms with Crippen LogP contribution in [0.25, 0.3) is 0 Å². The summed E-state index contributed by atoms with van der Waals surface area (Å²) in [6.07, 6.45) is 1.19. The van der Waals surface area contributed by atoms with E-state index in [-0.39, 0.29) is 17.1 Å². The minimum absolute atomic E-state index is 0.00139. The van der Waals surface area contributed by atoms with Crippen molar-refractivity contribution in [2.24, 2.45) is 11.1 Å². The van der Waals surface area contributed by atoms with Crippen LogP contribution in [0, 0.1) is 5.41 Å². The maximum atomic E-state index is 6.64. The molecule has 2 N–H and O–H groups in total. The van der Waals surface area contributed by atoms with E-state index in [0.29, 0.717) is 0 Å². The molecule has 0 radical (unpaired) electrons. The average molecular weight is 288 g/mol. The van der Waals surface area contributed by atoms with Crippen molar-refractivity contribution in [1.82, 2.24) is 4.90 Å². The van der Waals surface area contributed by atoms with Crippen LogP contribution in [0.15, 0.2) is 0 Å². The van der Waals surface area contributed by atoms with Crippen molar-refractivity contribution in [2.75, 3.05) is 53.7 Å². The normalized spacial score (nSPS) is 28.6. The van der Waals surface area contributed by atoms with Crippen LogP contribution >= 0.6 is 0 Å². The van der Waals surface area contributed by atoms with E-state index in [0.717, 1.165) is 45.9 Å². The molecule has 1 saturated carbocycles. The fraction of sp³-hybridized carbons (Fsp3) is 1.00. The first kappa shape index (κ1) is 17.9. The van der Waals surface area contributed by atoms with Crippen molar-refractivity contribution in [3.05, 3.63) is 0 Å². The Morgan fingerprint density at radius 2 is 1.70 bits per heavy atom. The molecule has 5 nitrogen and oxygen atoms in total. The lowest BCUT2D eigenvalue weighted by molar-refractivity contribution is -0.157. The number of hydrogen-bond donors (Lipinski definition) is 1. The van der Waals surface area contributed by atoms with Crippen molar-refractivity contribution >= 4 is 0 Å². The van der Waals surface area contributed by atoms with E-state index in [9.17, 15) is 0 Å². The standard InChI is InChI=1S/C15H32N2O3/c1-6-20-13-11-15(16,14(13,2)3)12-17(7-9-18-4)8-10-19-5/h13H,6-12,16H2,1-5H3. The van der Waals surface area contributed by atoms with Gasteiger partial charge in [0.05, 0.1) is 19.3 Å². The lowest BCUT2D eigenvalue weighted by Crippen LogP contribution is -2.73. The highest BCUT2D eigenvalue weighted by Crippen LogP contribution is 2.50. The number of methoxy groups -OCH3 is 2. The highest BCUT2D eigenvalue weighted by molar-refractivity contribution is 5.14. The second kappa shape index (κ2) is 7.71. The third-order valence-electron chi connectivity index (χ3n) is 4.73. The molecular weight excluding hydrogens is 256 g/mol. The SMILES string of the molecule is CCOC1CC(N)(CN(CCOC)CCOC)C1(C)C. The molecule has 120 valence electrons. The Morgan fingerprint density at radius 3 is 2.10 bits per heavy atom. The first-order valence-electron chi connectivity index (χ1n) is 7.52. The van der Waals surface area contributed by atoms with Crippen molar-refractivity contribution in [1.29, 1.82) is 0 Å². The summed E-state index contributed by atoms with van der Waals surface area (Å²) >= 11 is 0. The summed E-state index contributed by atoms with van der Waals surface area (Å²) in [5.74, 6) is 0. The molecule has 1 aliphatic rings. The van der Waals surface area contributed by atoms with Gasteiger partial charge in [-0.1, -0.05) is 13.8 Å². The van der Waals surface area contributed by atoms with Crippen molar-refractivity contribution < 1.29 is 14.2 Å². The van der Waals surface area contributed by atoms with E-state index in [1.54, 1.807) is 14.2 Å². The van der Waals surface area contributed by atoms with E-state index in [4.69, 9.17) is 19.9 Å². The van der Waals surface area contributed by atoms with Gasteiger partial charge in [0.2, 0.25) is 0 Å². The van der Waals surface area contributed by atoms with Gasteiger partial charge >= 0.3 is 0 Å². The predicted octanol–water partition coefficient (Wildman–Crippen LogP) is 1.11. The summed E-state index contributed by atoms with van der Waals surface area (Å²) in [6.45, 7) is 11.3. The zero-order chi connectivity index (χ0) is 15.2. The molecule has 0 spiro atoms. The fourth-order valence-corrected chi connectivity index (χ4v) is 2.89.